The minimum Gasteiger partial charge on any atom is -0.379 e. The molecule has 0 saturated carbocycles. The molecule has 0 unspecified atom stereocenters. The molecule has 4 heteroatoms. The van der Waals surface area contributed by atoms with Crippen molar-refractivity contribution in [3.63, 3.8) is 0 Å². The summed E-state index contributed by atoms with van der Waals surface area (Å²) in [5, 5.41) is 3.67. The van der Waals surface area contributed by atoms with Gasteiger partial charge in [0.2, 0.25) is 0 Å². The van der Waals surface area contributed by atoms with Crippen LogP contribution in [0.4, 0.5) is 15.8 Å². The standard InChI is InChI=1S/C15H16ClFN2/c1-19(2)15-9-4-3-8-14(15)18-10-11-12(16)6-5-7-13(11)17/h3-9,18H,10H2,1-2H3. The third-order valence-corrected chi connectivity index (χ3v) is 3.26. The van der Waals surface area contributed by atoms with Crippen LogP contribution in [0.25, 0.3) is 0 Å². The molecule has 0 bridgehead atoms. The number of nitrogens with zero attached hydrogens (tertiary/aromatic N) is 1. The third kappa shape index (κ3) is 3.18. The van der Waals surface area contributed by atoms with Crippen molar-refractivity contribution in [1.82, 2.24) is 0 Å². The Balaban J connectivity index is 2.19. The summed E-state index contributed by atoms with van der Waals surface area (Å²) in [5.41, 5.74) is 2.49. The van der Waals surface area contributed by atoms with Gasteiger partial charge in [-0.15, -0.1) is 0 Å². The summed E-state index contributed by atoms with van der Waals surface area (Å²) in [6.07, 6.45) is 0. The third-order valence-electron chi connectivity index (χ3n) is 2.90. The first-order valence-corrected chi connectivity index (χ1v) is 6.40. The Labute approximate surface area is 117 Å². The summed E-state index contributed by atoms with van der Waals surface area (Å²) < 4.78 is 13.7. The van der Waals surface area contributed by atoms with Gasteiger partial charge in [0.05, 0.1) is 11.4 Å². The lowest BCUT2D eigenvalue weighted by Gasteiger charge is -2.18. The fraction of sp³-hybridized carbons (Fsp3) is 0.200. The van der Waals surface area contributed by atoms with Gasteiger partial charge < -0.3 is 10.2 Å². The van der Waals surface area contributed by atoms with Crippen LogP contribution in [0.5, 0.6) is 0 Å². The van der Waals surface area contributed by atoms with Gasteiger partial charge in [-0.2, -0.15) is 0 Å². The normalized spacial score (nSPS) is 10.3. The van der Waals surface area contributed by atoms with E-state index in [9.17, 15) is 4.39 Å². The van der Waals surface area contributed by atoms with Crippen molar-refractivity contribution in [3.8, 4) is 0 Å². The van der Waals surface area contributed by atoms with E-state index in [1.54, 1.807) is 12.1 Å². The van der Waals surface area contributed by atoms with E-state index in [1.165, 1.54) is 6.07 Å². The van der Waals surface area contributed by atoms with Crippen LogP contribution >= 0.6 is 11.6 Å². The van der Waals surface area contributed by atoms with Gasteiger partial charge in [0.25, 0.3) is 0 Å². The average Bonchev–Trinajstić information content (AvgIpc) is 2.38. The van der Waals surface area contributed by atoms with Crippen LogP contribution in [0.15, 0.2) is 42.5 Å². The van der Waals surface area contributed by atoms with Gasteiger partial charge in [0, 0.05) is 31.2 Å². The SMILES string of the molecule is CN(C)c1ccccc1NCc1c(F)cccc1Cl. The van der Waals surface area contributed by atoms with Gasteiger partial charge in [-0.1, -0.05) is 29.8 Å². The van der Waals surface area contributed by atoms with Crippen molar-refractivity contribution in [1.29, 1.82) is 0 Å². The van der Waals surface area contributed by atoms with E-state index in [1.807, 2.05) is 43.3 Å². The summed E-state index contributed by atoms with van der Waals surface area (Å²) in [6, 6.07) is 12.6. The second kappa shape index (κ2) is 5.93. The zero-order valence-corrected chi connectivity index (χ0v) is 11.7. The number of rotatable bonds is 4. The van der Waals surface area contributed by atoms with Crippen LogP contribution in [-0.2, 0) is 6.54 Å². The Morgan fingerprint density at radius 3 is 2.53 bits per heavy atom. The van der Waals surface area contributed by atoms with Crippen LogP contribution in [-0.4, -0.2) is 14.1 Å². The molecule has 0 aromatic heterocycles. The first kappa shape index (κ1) is 13.7. The summed E-state index contributed by atoms with van der Waals surface area (Å²) in [7, 11) is 3.94. The van der Waals surface area contributed by atoms with Crippen molar-refractivity contribution in [2.45, 2.75) is 6.54 Å². The highest BCUT2D eigenvalue weighted by atomic mass is 35.5. The predicted octanol–water partition coefficient (Wildman–Crippen LogP) is 4.16. The molecule has 0 fully saturated rings. The van der Waals surface area contributed by atoms with E-state index in [0.717, 1.165) is 11.4 Å². The summed E-state index contributed by atoms with van der Waals surface area (Å²) in [6.45, 7) is 0.357. The van der Waals surface area contributed by atoms with E-state index >= 15 is 0 Å². The number of nitrogens with one attached hydrogen (secondary N) is 1. The number of anilines is 2. The summed E-state index contributed by atoms with van der Waals surface area (Å²) in [5.74, 6) is -0.290. The lowest BCUT2D eigenvalue weighted by atomic mass is 10.2. The van der Waals surface area contributed by atoms with E-state index in [4.69, 9.17) is 11.6 Å². The van der Waals surface area contributed by atoms with Gasteiger partial charge in [-0.3, -0.25) is 0 Å². The molecule has 0 spiro atoms. The van der Waals surface area contributed by atoms with E-state index < -0.39 is 0 Å². The molecule has 100 valence electrons. The van der Waals surface area contributed by atoms with Gasteiger partial charge in [0.1, 0.15) is 5.82 Å². The molecule has 0 radical (unpaired) electrons. The first-order chi connectivity index (χ1) is 9.09. The smallest absolute Gasteiger partial charge is 0.129 e. The maximum Gasteiger partial charge on any atom is 0.129 e. The van der Waals surface area contributed by atoms with Gasteiger partial charge in [-0.25, -0.2) is 4.39 Å². The molecule has 19 heavy (non-hydrogen) atoms. The Morgan fingerprint density at radius 1 is 1.11 bits per heavy atom. The minimum atomic E-state index is -0.290. The molecule has 2 nitrogen and oxygen atoms in total. The van der Waals surface area contributed by atoms with Crippen LogP contribution in [0.1, 0.15) is 5.56 Å². The van der Waals surface area contributed by atoms with Crippen molar-refractivity contribution in [3.05, 3.63) is 58.9 Å². The van der Waals surface area contributed by atoms with Crippen molar-refractivity contribution >= 4 is 23.0 Å². The molecule has 2 aromatic carbocycles. The highest BCUT2D eigenvalue weighted by Crippen LogP contribution is 2.26. The Morgan fingerprint density at radius 2 is 1.84 bits per heavy atom. The molecule has 2 aromatic rings. The number of benzene rings is 2. The molecule has 2 rings (SSSR count). The van der Waals surface area contributed by atoms with Crippen molar-refractivity contribution in [2.24, 2.45) is 0 Å². The number of hydrogen-bond acceptors (Lipinski definition) is 2. The van der Waals surface area contributed by atoms with Gasteiger partial charge >= 0.3 is 0 Å². The predicted molar refractivity (Wildman–Crippen MR) is 79.5 cm³/mol. The zero-order chi connectivity index (χ0) is 13.8. The zero-order valence-electron chi connectivity index (χ0n) is 11.0. The number of halogens is 2. The van der Waals surface area contributed by atoms with E-state index in [-0.39, 0.29) is 5.82 Å². The number of hydrogen-bond donors (Lipinski definition) is 1. The lowest BCUT2D eigenvalue weighted by Crippen LogP contribution is -2.12. The fourth-order valence-electron chi connectivity index (χ4n) is 1.90. The van der Waals surface area contributed by atoms with E-state index in [2.05, 4.69) is 5.32 Å². The summed E-state index contributed by atoms with van der Waals surface area (Å²) >= 11 is 6.01. The van der Waals surface area contributed by atoms with Crippen molar-refractivity contribution < 1.29 is 4.39 Å². The van der Waals surface area contributed by atoms with Crippen LogP contribution in [0.2, 0.25) is 5.02 Å². The Bertz CT molecular complexity index is 550. The molecular weight excluding hydrogens is 263 g/mol. The number of para-hydroxylation sites is 2. The van der Waals surface area contributed by atoms with Gasteiger partial charge in [-0.05, 0) is 24.3 Å². The second-order valence-electron chi connectivity index (χ2n) is 4.47. The summed E-state index contributed by atoms with van der Waals surface area (Å²) in [4.78, 5) is 2.01. The molecule has 0 aliphatic carbocycles. The average molecular weight is 279 g/mol. The second-order valence-corrected chi connectivity index (χ2v) is 4.87. The monoisotopic (exact) mass is 278 g/mol. The van der Waals surface area contributed by atoms with Crippen LogP contribution < -0.4 is 10.2 Å². The fourth-order valence-corrected chi connectivity index (χ4v) is 2.13. The quantitative estimate of drug-likeness (QED) is 0.903. The molecule has 1 N–H and O–H groups in total. The topological polar surface area (TPSA) is 15.3 Å². The first-order valence-electron chi connectivity index (χ1n) is 6.02. The molecule has 0 heterocycles. The maximum absolute atomic E-state index is 13.7. The minimum absolute atomic E-state index is 0.290. The van der Waals surface area contributed by atoms with E-state index in [0.29, 0.717) is 17.1 Å². The van der Waals surface area contributed by atoms with Gasteiger partial charge in [0.15, 0.2) is 0 Å². The molecular formula is C15H16ClFN2. The molecule has 0 atom stereocenters. The largest absolute Gasteiger partial charge is 0.379 e. The Hall–Kier alpha value is -1.74. The molecule has 0 aliphatic heterocycles. The maximum atomic E-state index is 13.7. The highest BCUT2D eigenvalue weighted by molar-refractivity contribution is 6.31. The molecule has 0 amide bonds. The lowest BCUT2D eigenvalue weighted by molar-refractivity contribution is 0.613. The molecule has 0 saturated heterocycles. The highest BCUT2D eigenvalue weighted by Gasteiger charge is 2.08. The molecule has 0 aliphatic rings. The Kier molecular flexibility index (Phi) is 4.27. The van der Waals surface area contributed by atoms with Crippen molar-refractivity contribution in [2.75, 3.05) is 24.3 Å². The van der Waals surface area contributed by atoms with Crippen LogP contribution in [0, 0.1) is 5.82 Å². The van der Waals surface area contributed by atoms with Crippen LogP contribution in [0.3, 0.4) is 0 Å².